The molecule has 4 nitrogen and oxygen atoms in total. The van der Waals surface area contributed by atoms with Crippen molar-refractivity contribution in [1.82, 2.24) is 15.0 Å². The van der Waals surface area contributed by atoms with Gasteiger partial charge in [-0.05, 0) is 128 Å². The first kappa shape index (κ1) is 54.5. The number of pyridine rings is 3. The number of hydrogen-bond acceptors (Lipinski definition) is 4. The maximum absolute atomic E-state index is 6.58. The molecule has 0 atom stereocenters. The third kappa shape index (κ3) is 13.8. The van der Waals surface area contributed by atoms with Crippen LogP contribution in [0.4, 0.5) is 0 Å². The maximum atomic E-state index is 6.58. The first-order chi connectivity index (χ1) is 33.2. The van der Waals surface area contributed by atoms with Gasteiger partial charge in [-0.3, -0.25) is 15.0 Å². The summed E-state index contributed by atoms with van der Waals surface area (Å²) < 4.78 is 6.58. The molecule has 6 heteroatoms. The number of aryl methyl sites for hydroxylation is 1. The average Bonchev–Trinajstić information content (AvgIpc) is 3.72. The summed E-state index contributed by atoms with van der Waals surface area (Å²) in [6.07, 6.45) is 8.01. The van der Waals surface area contributed by atoms with Gasteiger partial charge in [0.2, 0.25) is 0 Å². The van der Waals surface area contributed by atoms with Crippen molar-refractivity contribution in [3.63, 3.8) is 0 Å². The summed E-state index contributed by atoms with van der Waals surface area (Å²) in [5.74, 6) is 1.15. The summed E-state index contributed by atoms with van der Waals surface area (Å²) >= 11 is 0. The van der Waals surface area contributed by atoms with Crippen LogP contribution in [0.15, 0.2) is 169 Å². The predicted molar refractivity (Wildman–Crippen MR) is 304 cm³/mol. The van der Waals surface area contributed by atoms with Crippen LogP contribution in [0.2, 0.25) is 19.6 Å². The number of benzene rings is 5. The van der Waals surface area contributed by atoms with Crippen LogP contribution in [-0.2, 0) is 43.8 Å². The van der Waals surface area contributed by atoms with E-state index in [1.165, 1.54) is 55.3 Å². The van der Waals surface area contributed by atoms with Gasteiger partial charge < -0.3 is 4.42 Å². The van der Waals surface area contributed by atoms with E-state index in [-0.39, 0.29) is 30.9 Å². The fourth-order valence-electron chi connectivity index (χ4n) is 8.86. The second-order valence-corrected chi connectivity index (χ2v) is 27.7. The molecule has 0 saturated carbocycles. The van der Waals surface area contributed by atoms with Crippen LogP contribution in [0.3, 0.4) is 0 Å². The van der Waals surface area contributed by atoms with Gasteiger partial charge >= 0.3 is 0 Å². The van der Waals surface area contributed by atoms with Gasteiger partial charge in [-0.15, -0.1) is 0 Å². The smallest absolute Gasteiger partial charge is 0.144 e. The Hall–Kier alpha value is -5.78. The second-order valence-electron chi connectivity index (χ2n) is 22.6. The van der Waals surface area contributed by atoms with E-state index in [0.29, 0.717) is 11.8 Å². The van der Waals surface area contributed by atoms with E-state index in [4.69, 9.17) is 14.4 Å². The number of para-hydroxylation sites is 1. The molecule has 5 aromatic carbocycles. The van der Waals surface area contributed by atoms with Crippen LogP contribution in [-0.4, -0.2) is 23.0 Å². The van der Waals surface area contributed by atoms with Gasteiger partial charge in [0.15, 0.2) is 0 Å². The molecule has 0 bridgehead atoms. The van der Waals surface area contributed by atoms with Crippen LogP contribution in [0, 0.1) is 5.92 Å². The van der Waals surface area contributed by atoms with Gasteiger partial charge in [0, 0.05) is 66.2 Å². The van der Waals surface area contributed by atoms with Crippen molar-refractivity contribution in [2.75, 3.05) is 0 Å². The molecule has 9 aromatic rings. The number of fused-ring (bicyclic) bond motifs is 3. The van der Waals surface area contributed by atoms with E-state index < -0.39 is 8.07 Å². The number of furan rings is 1. The standard InChI is InChI=1S/C35H39NO.C17H23NSi.C13H13N.Ir/c1-22(2)16-23-14-15-36-31(17-23)30-11-9-10-29-28-13-12-24(20-32(28)37-33(29)30)25-18-26(34(3,4)5)21-27(19-25)35(6,7)8;1-13(2)15-11-16(14-9-7-6-8-10-14)18-12-17(15)19(3,4)5;1-2-11-8-9-14-13(10-11)12-6-4-3-5-7-12;/h9-15,17-22H,16H2,1-8H3;6-13H,1-5H3;3-10H,2H2,1H3;. The molecular weight excluding hydrogens is 1060 g/mol. The topological polar surface area (TPSA) is 51.8 Å². The number of hydrogen-bond donors (Lipinski definition) is 0. The molecule has 0 spiro atoms. The van der Waals surface area contributed by atoms with E-state index in [1.807, 2.05) is 36.7 Å². The zero-order chi connectivity index (χ0) is 50.4. The molecule has 4 heterocycles. The molecule has 0 fully saturated rings. The Bertz CT molecular complexity index is 3140. The third-order valence-corrected chi connectivity index (χ3v) is 15.0. The first-order valence-corrected chi connectivity index (χ1v) is 28.8. The van der Waals surface area contributed by atoms with Crippen LogP contribution in [0.25, 0.3) is 66.8 Å². The van der Waals surface area contributed by atoms with Gasteiger partial charge in [0.25, 0.3) is 0 Å². The maximum Gasteiger partial charge on any atom is 0.144 e. The fourth-order valence-corrected chi connectivity index (χ4v) is 10.5. The zero-order valence-electron chi connectivity index (χ0n) is 44.7. The SMILES string of the molecule is CC(C)Cc1ccnc(-c2cccc3c2oc2cc(-c4cc(C(C)(C)C)cc(C(C)(C)C)c4)ccc23)c1.CC(C)c1cc(-c2ccccc2)ncc1[Si](C)(C)C.CCc1ccnc(-c2ccccc2)c1.[Ir]. The normalized spacial score (nSPS) is 11.8. The first-order valence-electron chi connectivity index (χ1n) is 25.3. The van der Waals surface area contributed by atoms with Crippen LogP contribution >= 0.6 is 0 Å². The molecule has 0 unspecified atom stereocenters. The number of rotatable bonds is 9. The van der Waals surface area contributed by atoms with Crippen molar-refractivity contribution in [2.45, 2.75) is 125 Å². The summed E-state index contributed by atoms with van der Waals surface area (Å²) in [6.45, 7) is 32.1. The van der Waals surface area contributed by atoms with Crippen molar-refractivity contribution in [3.05, 3.63) is 192 Å². The Kier molecular flexibility index (Phi) is 17.8. The van der Waals surface area contributed by atoms with Crippen molar-refractivity contribution >= 4 is 35.2 Å². The predicted octanol–water partition coefficient (Wildman–Crippen LogP) is 17.8. The Labute approximate surface area is 440 Å². The van der Waals surface area contributed by atoms with Gasteiger partial charge in [0.1, 0.15) is 11.2 Å². The Morgan fingerprint density at radius 1 is 0.521 bits per heavy atom. The summed E-state index contributed by atoms with van der Waals surface area (Å²) in [5.41, 5.74) is 17.8. The van der Waals surface area contributed by atoms with Gasteiger partial charge in [-0.2, -0.15) is 0 Å². The number of nitrogens with zero attached hydrogens (tertiary/aromatic N) is 3. The minimum absolute atomic E-state index is 0. The molecule has 0 saturated heterocycles. The van der Waals surface area contributed by atoms with Crippen molar-refractivity contribution in [3.8, 4) is 44.9 Å². The van der Waals surface area contributed by atoms with E-state index in [2.05, 4.69) is 228 Å². The minimum Gasteiger partial charge on any atom is -0.455 e. The molecule has 71 heavy (non-hydrogen) atoms. The molecule has 0 aliphatic carbocycles. The molecule has 369 valence electrons. The van der Waals surface area contributed by atoms with Gasteiger partial charge in [-0.25, -0.2) is 0 Å². The van der Waals surface area contributed by atoms with E-state index >= 15 is 0 Å². The van der Waals surface area contributed by atoms with E-state index in [0.717, 1.165) is 57.4 Å². The van der Waals surface area contributed by atoms with E-state index in [1.54, 1.807) is 0 Å². The van der Waals surface area contributed by atoms with Gasteiger partial charge in [0.05, 0.1) is 25.2 Å². The molecular formula is C65H75IrN3OSi. The fraction of sp³-hybridized carbons (Fsp3) is 0.308. The van der Waals surface area contributed by atoms with E-state index in [9.17, 15) is 0 Å². The molecule has 0 N–H and O–H groups in total. The Balaban J connectivity index is 0.000000201. The molecule has 0 aliphatic heterocycles. The van der Waals surface area contributed by atoms with Crippen LogP contribution in [0.1, 0.15) is 110 Å². The Morgan fingerprint density at radius 3 is 1.63 bits per heavy atom. The monoisotopic (exact) mass is 1130 g/mol. The molecule has 0 aliphatic rings. The van der Waals surface area contributed by atoms with Crippen molar-refractivity contribution in [1.29, 1.82) is 0 Å². The third-order valence-electron chi connectivity index (χ3n) is 13.0. The van der Waals surface area contributed by atoms with Crippen molar-refractivity contribution < 1.29 is 24.5 Å². The minimum atomic E-state index is -1.33. The average molecular weight is 1130 g/mol. The van der Waals surface area contributed by atoms with Crippen LogP contribution in [0.5, 0.6) is 0 Å². The summed E-state index contributed by atoms with van der Waals surface area (Å²) in [7, 11) is -1.33. The molecule has 0 amide bonds. The summed E-state index contributed by atoms with van der Waals surface area (Å²) in [5, 5.41) is 3.76. The molecule has 9 rings (SSSR count). The van der Waals surface area contributed by atoms with Crippen molar-refractivity contribution in [2.24, 2.45) is 5.92 Å². The summed E-state index contributed by atoms with van der Waals surface area (Å²) in [4.78, 5) is 13.8. The molecule has 1 radical (unpaired) electrons. The number of aromatic nitrogens is 3. The van der Waals surface area contributed by atoms with Crippen LogP contribution < -0.4 is 5.19 Å². The quantitative estimate of drug-likeness (QED) is 0.135. The second kappa shape index (κ2) is 23.2. The largest absolute Gasteiger partial charge is 0.455 e. The zero-order valence-corrected chi connectivity index (χ0v) is 48.1. The molecule has 4 aromatic heterocycles. The van der Waals surface area contributed by atoms with Gasteiger partial charge in [-0.1, -0.05) is 193 Å². The Morgan fingerprint density at radius 2 is 1.08 bits per heavy atom. The summed E-state index contributed by atoms with van der Waals surface area (Å²) in [6, 6.07) is 51.6.